The molecule has 1 aliphatic heterocycles. The van der Waals surface area contributed by atoms with Crippen LogP contribution < -0.4 is 15.5 Å². The van der Waals surface area contributed by atoms with E-state index in [1.807, 2.05) is 53.4 Å². The van der Waals surface area contributed by atoms with Crippen molar-refractivity contribution in [2.45, 2.75) is 0 Å². The summed E-state index contributed by atoms with van der Waals surface area (Å²) >= 11 is 20.1. The van der Waals surface area contributed by atoms with E-state index >= 15 is 0 Å². The van der Waals surface area contributed by atoms with Crippen LogP contribution >= 0.6 is 58.0 Å². The Hall–Kier alpha value is -2.40. The van der Waals surface area contributed by atoms with Crippen LogP contribution in [0.1, 0.15) is 20.7 Å². The molecular formula is C25H21Cl2IN4O2S. The maximum Gasteiger partial charge on any atom is 0.258 e. The maximum absolute atomic E-state index is 12.7. The summed E-state index contributed by atoms with van der Waals surface area (Å²) < 4.78 is 0.892. The molecule has 0 bridgehead atoms. The largest absolute Gasteiger partial charge is 0.367 e. The first kappa shape index (κ1) is 25.7. The van der Waals surface area contributed by atoms with E-state index in [-0.39, 0.29) is 11.0 Å². The summed E-state index contributed by atoms with van der Waals surface area (Å²) in [5.74, 6) is -0.352. The van der Waals surface area contributed by atoms with Gasteiger partial charge in [-0.2, -0.15) is 0 Å². The number of carbonyl (C=O) groups is 2. The monoisotopic (exact) mass is 638 g/mol. The minimum atomic E-state index is -0.392. The number of nitrogens with zero attached hydrogens (tertiary/aromatic N) is 2. The van der Waals surface area contributed by atoms with E-state index in [2.05, 4.69) is 38.1 Å². The van der Waals surface area contributed by atoms with Crippen molar-refractivity contribution in [2.75, 3.05) is 36.4 Å². The minimum Gasteiger partial charge on any atom is -0.367 e. The highest BCUT2D eigenvalue weighted by atomic mass is 127. The van der Waals surface area contributed by atoms with Gasteiger partial charge in [0.05, 0.1) is 21.3 Å². The molecule has 0 aromatic heterocycles. The maximum atomic E-state index is 12.7. The van der Waals surface area contributed by atoms with Gasteiger partial charge in [0.25, 0.3) is 11.8 Å². The van der Waals surface area contributed by atoms with E-state index in [0.29, 0.717) is 53.0 Å². The van der Waals surface area contributed by atoms with E-state index in [1.165, 1.54) is 0 Å². The quantitative estimate of drug-likeness (QED) is 0.284. The molecular weight excluding hydrogens is 618 g/mol. The SMILES string of the molecule is O=C(NC(=S)Nc1ccc(N2CCN(C(=O)c3ccccc3)CC2)c(Cl)c1)c1cc(I)ccc1Cl. The standard InChI is InChI=1S/C25H21Cl2IN4O2S/c26-20-8-6-17(28)14-19(20)23(33)30-25(35)29-18-7-9-22(21(27)15-18)31-10-12-32(13-11-31)24(34)16-4-2-1-3-5-16/h1-9,14-15H,10-13H2,(H2,29,30,33,35). The highest BCUT2D eigenvalue weighted by Gasteiger charge is 2.23. The van der Waals surface area contributed by atoms with Crippen LogP contribution in [-0.2, 0) is 0 Å². The second-order valence-electron chi connectivity index (χ2n) is 7.84. The molecule has 0 spiro atoms. The fourth-order valence-corrected chi connectivity index (χ4v) is 4.96. The molecule has 1 aliphatic rings. The van der Waals surface area contributed by atoms with E-state index in [0.717, 1.165) is 9.26 Å². The first-order chi connectivity index (χ1) is 16.8. The van der Waals surface area contributed by atoms with Crippen LogP contribution in [0.2, 0.25) is 10.0 Å². The van der Waals surface area contributed by atoms with E-state index in [4.69, 9.17) is 35.4 Å². The van der Waals surface area contributed by atoms with Crippen LogP contribution in [0.4, 0.5) is 11.4 Å². The molecule has 1 heterocycles. The van der Waals surface area contributed by atoms with E-state index in [9.17, 15) is 9.59 Å². The zero-order valence-corrected chi connectivity index (χ0v) is 22.9. The number of rotatable bonds is 4. The zero-order valence-electron chi connectivity index (χ0n) is 18.4. The van der Waals surface area contributed by atoms with Gasteiger partial charge in [-0.15, -0.1) is 0 Å². The Bertz CT molecular complexity index is 1270. The molecule has 10 heteroatoms. The smallest absolute Gasteiger partial charge is 0.258 e. The summed E-state index contributed by atoms with van der Waals surface area (Å²) in [4.78, 5) is 29.2. The highest BCUT2D eigenvalue weighted by Crippen LogP contribution is 2.30. The third kappa shape index (κ3) is 6.43. The molecule has 2 amide bonds. The fourth-order valence-electron chi connectivity index (χ4n) is 3.76. The van der Waals surface area contributed by atoms with E-state index in [1.54, 1.807) is 18.2 Å². The normalized spacial score (nSPS) is 13.3. The van der Waals surface area contributed by atoms with Crippen molar-refractivity contribution in [3.63, 3.8) is 0 Å². The van der Waals surface area contributed by atoms with Gasteiger partial charge in [0, 0.05) is 41.0 Å². The molecule has 0 atom stereocenters. The van der Waals surface area contributed by atoms with Crippen LogP contribution in [0.25, 0.3) is 0 Å². The molecule has 6 nitrogen and oxygen atoms in total. The average Bonchev–Trinajstić information content (AvgIpc) is 2.85. The minimum absolute atomic E-state index is 0.0398. The Labute approximate surface area is 232 Å². The van der Waals surface area contributed by atoms with E-state index < -0.39 is 5.91 Å². The second kappa shape index (κ2) is 11.6. The number of thiocarbonyl (C=S) groups is 1. The number of benzene rings is 3. The van der Waals surface area contributed by atoms with Gasteiger partial charge in [0.1, 0.15) is 0 Å². The molecule has 2 N–H and O–H groups in total. The molecule has 0 aliphatic carbocycles. The van der Waals surface area contributed by atoms with Crippen molar-refractivity contribution in [3.05, 3.63) is 91.5 Å². The number of halogens is 3. The van der Waals surface area contributed by atoms with Gasteiger partial charge in [-0.1, -0.05) is 41.4 Å². The van der Waals surface area contributed by atoms with Crippen molar-refractivity contribution < 1.29 is 9.59 Å². The molecule has 180 valence electrons. The van der Waals surface area contributed by atoms with Crippen molar-refractivity contribution in [3.8, 4) is 0 Å². The van der Waals surface area contributed by atoms with Crippen LogP contribution in [0.15, 0.2) is 66.7 Å². The summed E-state index contributed by atoms with van der Waals surface area (Å²) in [5.41, 5.74) is 2.57. The summed E-state index contributed by atoms with van der Waals surface area (Å²) in [6.45, 7) is 2.58. The van der Waals surface area contributed by atoms with Crippen molar-refractivity contribution in [1.29, 1.82) is 0 Å². The molecule has 1 fully saturated rings. The predicted octanol–water partition coefficient (Wildman–Crippen LogP) is 5.69. The Kier molecular flexibility index (Phi) is 8.48. The lowest BCUT2D eigenvalue weighted by Crippen LogP contribution is -2.48. The lowest BCUT2D eigenvalue weighted by molar-refractivity contribution is 0.0746. The lowest BCUT2D eigenvalue weighted by atomic mass is 10.1. The van der Waals surface area contributed by atoms with Crippen molar-refractivity contribution >= 4 is 86.3 Å². The average molecular weight is 639 g/mol. The first-order valence-corrected chi connectivity index (χ1v) is 13.0. The Morgan fingerprint density at radius 3 is 2.29 bits per heavy atom. The van der Waals surface area contributed by atoms with Gasteiger partial charge >= 0.3 is 0 Å². The van der Waals surface area contributed by atoms with Crippen LogP contribution in [0.5, 0.6) is 0 Å². The van der Waals surface area contributed by atoms with Gasteiger partial charge < -0.3 is 15.1 Å². The van der Waals surface area contributed by atoms with Gasteiger partial charge in [-0.3, -0.25) is 14.9 Å². The van der Waals surface area contributed by atoms with Crippen molar-refractivity contribution in [1.82, 2.24) is 10.2 Å². The summed E-state index contributed by atoms with van der Waals surface area (Å²) in [6.07, 6.45) is 0. The third-order valence-corrected chi connectivity index (χ3v) is 7.04. The number of hydrogen-bond acceptors (Lipinski definition) is 4. The first-order valence-electron chi connectivity index (χ1n) is 10.8. The molecule has 4 rings (SSSR count). The van der Waals surface area contributed by atoms with Gasteiger partial charge in [-0.25, -0.2) is 0 Å². The topological polar surface area (TPSA) is 64.7 Å². The Morgan fingerprint density at radius 2 is 1.60 bits per heavy atom. The zero-order chi connectivity index (χ0) is 24.9. The fraction of sp³-hybridized carbons (Fsp3) is 0.160. The molecule has 0 radical (unpaired) electrons. The number of piperazine rings is 1. The third-order valence-electron chi connectivity index (χ3n) is 5.53. The van der Waals surface area contributed by atoms with Gasteiger partial charge in [0.2, 0.25) is 0 Å². The number of nitrogens with one attached hydrogen (secondary N) is 2. The van der Waals surface area contributed by atoms with Crippen molar-refractivity contribution in [2.24, 2.45) is 0 Å². The number of carbonyl (C=O) groups excluding carboxylic acids is 2. The predicted molar refractivity (Wildman–Crippen MR) is 154 cm³/mol. The summed E-state index contributed by atoms with van der Waals surface area (Å²) in [7, 11) is 0. The van der Waals surface area contributed by atoms with Gasteiger partial charge in [-0.05, 0) is 83.3 Å². The summed E-state index contributed by atoms with van der Waals surface area (Å²) in [5, 5.41) is 6.67. The van der Waals surface area contributed by atoms with Crippen LogP contribution in [0, 0.1) is 3.57 Å². The lowest BCUT2D eigenvalue weighted by Gasteiger charge is -2.36. The molecule has 1 saturated heterocycles. The number of hydrogen-bond donors (Lipinski definition) is 2. The van der Waals surface area contributed by atoms with Gasteiger partial charge in [0.15, 0.2) is 5.11 Å². The highest BCUT2D eigenvalue weighted by molar-refractivity contribution is 14.1. The Balaban J connectivity index is 1.34. The number of anilines is 2. The molecule has 3 aromatic rings. The number of amides is 2. The molecule has 3 aromatic carbocycles. The summed E-state index contributed by atoms with van der Waals surface area (Å²) in [6, 6.07) is 20.0. The molecule has 35 heavy (non-hydrogen) atoms. The van der Waals surface area contributed by atoms with Crippen LogP contribution in [0.3, 0.4) is 0 Å². The van der Waals surface area contributed by atoms with Crippen LogP contribution in [-0.4, -0.2) is 48.0 Å². The Morgan fingerprint density at radius 1 is 0.886 bits per heavy atom. The molecule has 0 unspecified atom stereocenters. The second-order valence-corrected chi connectivity index (χ2v) is 10.3. The molecule has 0 saturated carbocycles.